The molecule has 26 heavy (non-hydrogen) atoms. The van der Waals surface area contributed by atoms with E-state index in [1.54, 1.807) is 0 Å². The van der Waals surface area contributed by atoms with Crippen LogP contribution in [0.2, 0.25) is 0 Å². The summed E-state index contributed by atoms with van der Waals surface area (Å²) in [4.78, 5) is 4.77. The zero-order valence-corrected chi connectivity index (χ0v) is 15.6. The Kier molecular flexibility index (Phi) is 5.42. The van der Waals surface area contributed by atoms with Gasteiger partial charge in [0.2, 0.25) is 0 Å². The molecular weight excluding hydrogens is 324 g/mol. The summed E-state index contributed by atoms with van der Waals surface area (Å²) in [5, 5.41) is 0. The summed E-state index contributed by atoms with van der Waals surface area (Å²) in [6, 6.07) is 17.1. The number of hydrogen-bond acceptors (Lipinski definition) is 4. The number of anilines is 1. The highest BCUT2D eigenvalue weighted by atomic mass is 16.5. The van der Waals surface area contributed by atoms with Crippen molar-refractivity contribution in [3.8, 4) is 5.75 Å². The van der Waals surface area contributed by atoms with Gasteiger partial charge in [-0.05, 0) is 30.0 Å². The van der Waals surface area contributed by atoms with E-state index >= 15 is 0 Å². The van der Waals surface area contributed by atoms with Gasteiger partial charge in [-0.1, -0.05) is 42.5 Å². The normalized spacial score (nSPS) is 20.7. The molecular formula is C22H28N2O2. The van der Waals surface area contributed by atoms with E-state index in [-0.39, 0.29) is 6.10 Å². The Labute approximate surface area is 156 Å². The molecule has 4 rings (SSSR count). The van der Waals surface area contributed by atoms with Crippen LogP contribution >= 0.6 is 0 Å². The van der Waals surface area contributed by atoms with Crippen LogP contribution in [-0.2, 0) is 17.7 Å². The van der Waals surface area contributed by atoms with Crippen molar-refractivity contribution in [1.29, 1.82) is 0 Å². The molecule has 0 aliphatic carbocycles. The van der Waals surface area contributed by atoms with Gasteiger partial charge in [-0.25, -0.2) is 0 Å². The first-order valence-corrected chi connectivity index (χ1v) is 9.63. The number of aryl methyl sites for hydroxylation is 1. The minimum absolute atomic E-state index is 0.122. The van der Waals surface area contributed by atoms with Gasteiger partial charge in [0, 0.05) is 33.2 Å². The van der Waals surface area contributed by atoms with E-state index in [4.69, 9.17) is 9.47 Å². The van der Waals surface area contributed by atoms with Gasteiger partial charge in [0.1, 0.15) is 18.5 Å². The zero-order chi connectivity index (χ0) is 17.8. The molecule has 0 bridgehead atoms. The Bertz CT molecular complexity index is 719. The minimum atomic E-state index is 0.122. The SMILES string of the molecule is CN1CCCc2cccc(OCC3CN(Cc4ccccc4)CCO3)c21. The van der Waals surface area contributed by atoms with Crippen molar-refractivity contribution >= 4 is 5.69 Å². The Morgan fingerprint density at radius 2 is 1.96 bits per heavy atom. The number of fused-ring (bicyclic) bond motifs is 1. The fraction of sp³-hybridized carbons (Fsp3) is 0.455. The van der Waals surface area contributed by atoms with Crippen molar-refractivity contribution < 1.29 is 9.47 Å². The summed E-state index contributed by atoms with van der Waals surface area (Å²) < 4.78 is 12.2. The van der Waals surface area contributed by atoms with Crippen molar-refractivity contribution in [2.45, 2.75) is 25.5 Å². The highest BCUT2D eigenvalue weighted by Gasteiger charge is 2.23. The Morgan fingerprint density at radius 1 is 1.08 bits per heavy atom. The molecule has 0 aromatic heterocycles. The van der Waals surface area contributed by atoms with E-state index in [1.165, 1.54) is 23.2 Å². The molecule has 0 amide bonds. The standard InChI is InChI=1S/C22H28N2O2/c1-23-12-6-10-19-9-5-11-21(22(19)23)26-17-20-16-24(13-14-25-20)15-18-7-3-2-4-8-18/h2-5,7-9,11,20H,6,10,12-17H2,1H3. The van der Waals surface area contributed by atoms with E-state index in [0.29, 0.717) is 6.61 Å². The van der Waals surface area contributed by atoms with Gasteiger partial charge in [-0.15, -0.1) is 0 Å². The maximum absolute atomic E-state index is 6.22. The smallest absolute Gasteiger partial charge is 0.143 e. The van der Waals surface area contributed by atoms with Crippen molar-refractivity contribution in [3.05, 3.63) is 59.7 Å². The van der Waals surface area contributed by atoms with Crippen LogP contribution in [0.4, 0.5) is 5.69 Å². The molecule has 2 aromatic rings. The Hall–Kier alpha value is -2.04. The van der Waals surface area contributed by atoms with E-state index < -0.39 is 0 Å². The first-order valence-electron chi connectivity index (χ1n) is 9.63. The molecule has 1 saturated heterocycles. The average molecular weight is 352 g/mol. The predicted octanol–water partition coefficient (Wildman–Crippen LogP) is 3.35. The highest BCUT2D eigenvalue weighted by molar-refractivity contribution is 5.64. The lowest BCUT2D eigenvalue weighted by atomic mass is 10.0. The van der Waals surface area contributed by atoms with E-state index in [2.05, 4.69) is 65.4 Å². The van der Waals surface area contributed by atoms with Gasteiger partial charge in [0.05, 0.1) is 12.3 Å². The molecule has 2 aliphatic heterocycles. The van der Waals surface area contributed by atoms with Crippen LogP contribution in [0, 0.1) is 0 Å². The molecule has 2 heterocycles. The first kappa shape index (κ1) is 17.4. The van der Waals surface area contributed by atoms with Crippen molar-refractivity contribution in [2.24, 2.45) is 0 Å². The summed E-state index contributed by atoms with van der Waals surface area (Å²) in [6.07, 6.45) is 2.48. The maximum Gasteiger partial charge on any atom is 0.143 e. The summed E-state index contributed by atoms with van der Waals surface area (Å²) in [5.74, 6) is 0.994. The molecule has 0 saturated carbocycles. The highest BCUT2D eigenvalue weighted by Crippen LogP contribution is 2.35. The molecule has 2 aliphatic rings. The summed E-state index contributed by atoms with van der Waals surface area (Å²) >= 11 is 0. The number of benzene rings is 2. The van der Waals surface area contributed by atoms with Crippen LogP contribution in [0.5, 0.6) is 5.75 Å². The van der Waals surface area contributed by atoms with Crippen LogP contribution in [0.3, 0.4) is 0 Å². The minimum Gasteiger partial charge on any atom is -0.489 e. The summed E-state index contributed by atoms with van der Waals surface area (Å²) in [6.45, 7) is 5.35. The van der Waals surface area contributed by atoms with E-state index in [9.17, 15) is 0 Å². The van der Waals surface area contributed by atoms with Crippen LogP contribution in [0.25, 0.3) is 0 Å². The first-order chi connectivity index (χ1) is 12.8. The molecule has 1 atom stereocenters. The monoisotopic (exact) mass is 352 g/mol. The van der Waals surface area contributed by atoms with Crippen LogP contribution in [-0.4, -0.2) is 50.9 Å². The van der Waals surface area contributed by atoms with Gasteiger partial charge in [0.15, 0.2) is 0 Å². The average Bonchev–Trinajstić information content (AvgIpc) is 2.68. The second-order valence-electron chi connectivity index (χ2n) is 7.31. The van der Waals surface area contributed by atoms with Crippen LogP contribution < -0.4 is 9.64 Å². The lowest BCUT2D eigenvalue weighted by molar-refractivity contribution is -0.0503. The third kappa shape index (κ3) is 4.02. The lowest BCUT2D eigenvalue weighted by Crippen LogP contribution is -2.44. The third-order valence-corrected chi connectivity index (χ3v) is 5.30. The van der Waals surface area contributed by atoms with E-state index in [1.807, 2.05) is 0 Å². The van der Waals surface area contributed by atoms with Gasteiger partial charge in [-0.2, -0.15) is 0 Å². The van der Waals surface area contributed by atoms with Gasteiger partial charge < -0.3 is 14.4 Å². The molecule has 0 radical (unpaired) electrons. The quantitative estimate of drug-likeness (QED) is 0.824. The number of nitrogens with zero attached hydrogens (tertiary/aromatic N) is 2. The number of ether oxygens (including phenoxy) is 2. The molecule has 4 heteroatoms. The lowest BCUT2D eigenvalue weighted by Gasteiger charge is -2.34. The molecule has 138 valence electrons. The molecule has 2 aromatic carbocycles. The van der Waals surface area contributed by atoms with Crippen LogP contribution in [0.15, 0.2) is 48.5 Å². The number of morpholine rings is 1. The molecule has 1 unspecified atom stereocenters. The van der Waals surface area contributed by atoms with Crippen LogP contribution in [0.1, 0.15) is 17.5 Å². The van der Waals surface area contributed by atoms with Gasteiger partial charge in [-0.3, -0.25) is 4.90 Å². The van der Waals surface area contributed by atoms with E-state index in [0.717, 1.165) is 45.0 Å². The number of hydrogen-bond donors (Lipinski definition) is 0. The second kappa shape index (κ2) is 8.11. The predicted molar refractivity (Wildman–Crippen MR) is 105 cm³/mol. The van der Waals surface area contributed by atoms with Crippen molar-refractivity contribution in [1.82, 2.24) is 4.90 Å². The second-order valence-corrected chi connectivity index (χ2v) is 7.31. The zero-order valence-electron chi connectivity index (χ0n) is 15.6. The fourth-order valence-corrected chi connectivity index (χ4v) is 3.99. The molecule has 0 N–H and O–H groups in total. The Morgan fingerprint density at radius 3 is 2.85 bits per heavy atom. The van der Waals surface area contributed by atoms with Gasteiger partial charge in [0.25, 0.3) is 0 Å². The maximum atomic E-state index is 6.22. The fourth-order valence-electron chi connectivity index (χ4n) is 3.99. The summed E-state index contributed by atoms with van der Waals surface area (Å²) in [7, 11) is 2.16. The number of para-hydroxylation sites is 1. The number of rotatable bonds is 5. The van der Waals surface area contributed by atoms with Gasteiger partial charge >= 0.3 is 0 Å². The molecule has 4 nitrogen and oxygen atoms in total. The Balaban J connectivity index is 1.36. The largest absolute Gasteiger partial charge is 0.489 e. The topological polar surface area (TPSA) is 24.9 Å². The van der Waals surface area contributed by atoms with Crippen molar-refractivity contribution in [2.75, 3.05) is 44.8 Å². The summed E-state index contributed by atoms with van der Waals surface area (Å²) in [5.41, 5.74) is 4.01. The third-order valence-electron chi connectivity index (χ3n) is 5.30. The molecule has 0 spiro atoms. The van der Waals surface area contributed by atoms with Crippen molar-refractivity contribution in [3.63, 3.8) is 0 Å². The molecule has 1 fully saturated rings.